The minimum atomic E-state index is -1.47. The summed E-state index contributed by atoms with van der Waals surface area (Å²) in [7, 11) is 0. The zero-order valence-electron chi connectivity index (χ0n) is 21.2. The first-order valence-electron chi connectivity index (χ1n) is 12.7. The predicted octanol–water partition coefficient (Wildman–Crippen LogP) is 1.49. The fraction of sp³-hybridized carbons (Fsp3) is 0.923. The highest BCUT2D eigenvalue weighted by atomic mass is 16.7. The molecular formula is C26H46O8. The Morgan fingerprint density at radius 2 is 1.76 bits per heavy atom. The lowest BCUT2D eigenvalue weighted by molar-refractivity contribution is -0.310. The summed E-state index contributed by atoms with van der Waals surface area (Å²) in [5.41, 5.74) is -2.23. The van der Waals surface area contributed by atoms with Crippen LogP contribution in [0.15, 0.2) is 12.7 Å². The molecule has 1 aliphatic heterocycles. The normalized spacial score (nSPS) is 49.2. The largest absolute Gasteiger partial charge is 0.394 e. The molecule has 3 rings (SSSR count). The van der Waals surface area contributed by atoms with Crippen molar-refractivity contribution in [2.75, 3.05) is 13.2 Å². The summed E-state index contributed by atoms with van der Waals surface area (Å²) < 4.78 is 11.6. The zero-order valence-corrected chi connectivity index (χ0v) is 21.2. The van der Waals surface area contributed by atoms with Gasteiger partial charge in [-0.25, -0.2) is 0 Å². The van der Waals surface area contributed by atoms with Gasteiger partial charge in [-0.15, -0.1) is 6.58 Å². The van der Waals surface area contributed by atoms with Gasteiger partial charge >= 0.3 is 0 Å². The van der Waals surface area contributed by atoms with Crippen LogP contribution in [0.2, 0.25) is 0 Å². The molecule has 0 amide bonds. The molecule has 1 heterocycles. The van der Waals surface area contributed by atoms with E-state index in [9.17, 15) is 30.6 Å². The number of aliphatic hydroxyl groups is 6. The van der Waals surface area contributed by atoms with Crippen LogP contribution < -0.4 is 0 Å². The summed E-state index contributed by atoms with van der Waals surface area (Å²) in [4.78, 5) is 0. The van der Waals surface area contributed by atoms with E-state index in [2.05, 4.69) is 20.4 Å². The highest BCUT2D eigenvalue weighted by molar-refractivity contribution is 5.09. The zero-order chi connectivity index (χ0) is 25.5. The van der Waals surface area contributed by atoms with Crippen molar-refractivity contribution in [3.8, 4) is 0 Å². The van der Waals surface area contributed by atoms with Crippen molar-refractivity contribution in [1.82, 2.24) is 0 Å². The van der Waals surface area contributed by atoms with E-state index in [1.165, 1.54) is 0 Å². The second-order valence-electron chi connectivity index (χ2n) is 12.1. The highest BCUT2D eigenvalue weighted by Gasteiger charge is 2.59. The van der Waals surface area contributed by atoms with Gasteiger partial charge in [-0.05, 0) is 75.0 Å². The lowest BCUT2D eigenvalue weighted by Crippen LogP contribution is -2.61. The third-order valence-electron chi connectivity index (χ3n) is 9.39. The molecule has 2 aliphatic carbocycles. The average Bonchev–Trinajstić information content (AvgIpc) is 2.76. The van der Waals surface area contributed by atoms with Gasteiger partial charge in [0.05, 0.1) is 24.4 Å². The van der Waals surface area contributed by atoms with Crippen LogP contribution in [-0.2, 0) is 9.47 Å². The van der Waals surface area contributed by atoms with Crippen molar-refractivity contribution >= 4 is 0 Å². The molecule has 0 bridgehead atoms. The molecule has 0 aromatic carbocycles. The monoisotopic (exact) mass is 486 g/mol. The first-order chi connectivity index (χ1) is 15.7. The number of hydrogen-bond acceptors (Lipinski definition) is 8. The molecule has 0 spiro atoms. The summed E-state index contributed by atoms with van der Waals surface area (Å²) in [6, 6.07) is 0. The van der Waals surface area contributed by atoms with Crippen LogP contribution in [0.1, 0.15) is 72.6 Å². The van der Waals surface area contributed by atoms with Crippen molar-refractivity contribution in [3.05, 3.63) is 12.7 Å². The van der Waals surface area contributed by atoms with Crippen molar-refractivity contribution in [1.29, 1.82) is 0 Å². The number of aliphatic hydroxyl groups excluding tert-OH is 4. The molecule has 2 saturated carbocycles. The molecule has 0 aromatic heterocycles. The molecule has 198 valence electrons. The Labute approximate surface area is 203 Å². The summed E-state index contributed by atoms with van der Waals surface area (Å²) in [5.74, 6) is 0.245. The van der Waals surface area contributed by atoms with Crippen LogP contribution in [0.4, 0.5) is 0 Å². The molecule has 11 atom stereocenters. The molecule has 1 saturated heterocycles. The summed E-state index contributed by atoms with van der Waals surface area (Å²) >= 11 is 0. The Balaban J connectivity index is 1.78. The fourth-order valence-electron chi connectivity index (χ4n) is 7.26. The summed E-state index contributed by atoms with van der Waals surface area (Å²) in [6.45, 7) is 11.6. The van der Waals surface area contributed by atoms with Gasteiger partial charge in [0.2, 0.25) is 0 Å². The molecule has 0 aromatic rings. The topological polar surface area (TPSA) is 140 Å². The minimum absolute atomic E-state index is 0.00272. The van der Waals surface area contributed by atoms with E-state index in [0.717, 1.165) is 25.7 Å². The summed E-state index contributed by atoms with van der Waals surface area (Å²) in [6.07, 6.45) is 0.679. The number of fused-ring (bicyclic) bond motifs is 1. The van der Waals surface area contributed by atoms with Crippen molar-refractivity contribution < 1.29 is 40.1 Å². The minimum Gasteiger partial charge on any atom is -0.394 e. The lowest BCUT2D eigenvalue weighted by Gasteiger charge is -2.62. The Kier molecular flexibility index (Phi) is 8.28. The number of rotatable bonds is 8. The first kappa shape index (κ1) is 28.0. The van der Waals surface area contributed by atoms with E-state index in [4.69, 9.17) is 9.47 Å². The summed E-state index contributed by atoms with van der Waals surface area (Å²) in [5, 5.41) is 61.9. The molecule has 34 heavy (non-hydrogen) atoms. The van der Waals surface area contributed by atoms with Gasteiger partial charge in [0, 0.05) is 0 Å². The highest BCUT2D eigenvalue weighted by Crippen LogP contribution is 2.63. The molecule has 6 N–H and O–H groups in total. The van der Waals surface area contributed by atoms with Gasteiger partial charge in [-0.1, -0.05) is 26.3 Å². The van der Waals surface area contributed by atoms with E-state index in [0.29, 0.717) is 19.3 Å². The Morgan fingerprint density at radius 1 is 1.09 bits per heavy atom. The second kappa shape index (κ2) is 10.1. The van der Waals surface area contributed by atoms with E-state index in [1.807, 2.05) is 6.92 Å². The van der Waals surface area contributed by atoms with E-state index in [1.54, 1.807) is 13.0 Å². The average molecular weight is 487 g/mol. The van der Waals surface area contributed by atoms with Gasteiger partial charge < -0.3 is 40.1 Å². The molecule has 3 aliphatic rings. The predicted molar refractivity (Wildman–Crippen MR) is 127 cm³/mol. The maximum atomic E-state index is 11.4. The quantitative estimate of drug-likeness (QED) is 0.284. The molecule has 8 heteroatoms. The molecule has 8 nitrogen and oxygen atoms in total. The second-order valence-corrected chi connectivity index (χ2v) is 12.1. The van der Waals surface area contributed by atoms with Crippen LogP contribution in [0.3, 0.4) is 0 Å². The molecule has 3 fully saturated rings. The molecule has 0 radical (unpaired) electrons. The lowest BCUT2D eigenvalue weighted by atomic mass is 9.44. The standard InChI is InChI=1S/C26H46O8/c1-6-24(3,31)12-8-18-25(4)11-7-10-23(2,17(25)9-13-26(18,5)32)15-33-22-21(30)20(29)19(28)16(14-27)34-22/h6,16-22,27-32H,1,7-15H2,2-5H3/t16-,17-,18+,19-,20+,21-,22-,23+,24+,25-,26+/m1/s1. The van der Waals surface area contributed by atoms with E-state index in [-0.39, 0.29) is 29.3 Å². The van der Waals surface area contributed by atoms with E-state index >= 15 is 0 Å². The maximum Gasteiger partial charge on any atom is 0.186 e. The third kappa shape index (κ3) is 5.25. The van der Waals surface area contributed by atoms with Gasteiger partial charge in [0.15, 0.2) is 6.29 Å². The van der Waals surface area contributed by atoms with Crippen LogP contribution in [0, 0.1) is 22.7 Å². The smallest absolute Gasteiger partial charge is 0.186 e. The maximum absolute atomic E-state index is 11.4. The Morgan fingerprint density at radius 3 is 2.38 bits per heavy atom. The van der Waals surface area contributed by atoms with Crippen molar-refractivity contribution in [2.45, 2.75) is 115 Å². The van der Waals surface area contributed by atoms with Crippen LogP contribution in [-0.4, -0.2) is 85.8 Å². The third-order valence-corrected chi connectivity index (χ3v) is 9.39. The van der Waals surface area contributed by atoms with Gasteiger partial charge in [0.25, 0.3) is 0 Å². The van der Waals surface area contributed by atoms with Crippen molar-refractivity contribution in [3.63, 3.8) is 0 Å². The van der Waals surface area contributed by atoms with Gasteiger partial charge in [-0.2, -0.15) is 0 Å². The van der Waals surface area contributed by atoms with Crippen molar-refractivity contribution in [2.24, 2.45) is 22.7 Å². The fourth-order valence-corrected chi connectivity index (χ4v) is 7.26. The van der Waals surface area contributed by atoms with Crippen LogP contribution in [0.25, 0.3) is 0 Å². The van der Waals surface area contributed by atoms with E-state index < -0.39 is 48.5 Å². The SMILES string of the molecule is C=C[C@](C)(O)CC[C@H]1[C@]2(C)CCC[C@@](C)(CO[C@@H]3O[C@H](CO)[C@@H](O)[C@H](O)[C@H]3O)[C@H]2CC[C@]1(C)O. The number of hydrogen-bond donors (Lipinski definition) is 6. The number of ether oxygens (including phenoxy) is 2. The van der Waals surface area contributed by atoms with Crippen LogP contribution >= 0.6 is 0 Å². The molecule has 0 unspecified atom stereocenters. The van der Waals surface area contributed by atoms with Crippen LogP contribution in [0.5, 0.6) is 0 Å². The van der Waals surface area contributed by atoms with Gasteiger partial charge in [-0.3, -0.25) is 0 Å². The Hall–Kier alpha value is -0.580. The molecular weight excluding hydrogens is 440 g/mol. The van der Waals surface area contributed by atoms with Gasteiger partial charge in [0.1, 0.15) is 24.4 Å². The Bertz CT molecular complexity index is 709. The first-order valence-corrected chi connectivity index (χ1v) is 12.7.